The van der Waals surface area contributed by atoms with Gasteiger partial charge in [0, 0.05) is 0 Å². The summed E-state index contributed by atoms with van der Waals surface area (Å²) in [5, 5.41) is 0. The zero-order valence-corrected chi connectivity index (χ0v) is 9.90. The number of benzene rings is 1. The summed E-state index contributed by atoms with van der Waals surface area (Å²) < 4.78 is 11.4. The molecule has 1 aromatic rings. The summed E-state index contributed by atoms with van der Waals surface area (Å²) in [5.74, 6) is -0.472. The second-order valence-corrected chi connectivity index (χ2v) is 4.55. The van der Waals surface area contributed by atoms with Crippen molar-refractivity contribution in [3.05, 3.63) is 35.4 Å². The Morgan fingerprint density at radius 2 is 2.12 bits per heavy atom. The molecule has 0 spiro atoms. The van der Waals surface area contributed by atoms with E-state index in [1.54, 1.807) is 0 Å². The van der Waals surface area contributed by atoms with Crippen molar-refractivity contribution < 1.29 is 9.47 Å². The highest BCUT2D eigenvalue weighted by molar-refractivity contribution is 5.30. The summed E-state index contributed by atoms with van der Waals surface area (Å²) in [5.41, 5.74) is 8.08. The van der Waals surface area contributed by atoms with Gasteiger partial charge in [0.1, 0.15) is 6.10 Å². The van der Waals surface area contributed by atoms with Gasteiger partial charge in [-0.2, -0.15) is 0 Å². The highest BCUT2D eigenvalue weighted by Crippen LogP contribution is 2.34. The molecule has 0 amide bonds. The van der Waals surface area contributed by atoms with E-state index in [-0.39, 0.29) is 6.10 Å². The van der Waals surface area contributed by atoms with Crippen LogP contribution in [-0.4, -0.2) is 18.9 Å². The third-order valence-electron chi connectivity index (χ3n) is 2.82. The zero-order chi connectivity index (χ0) is 11.6. The van der Waals surface area contributed by atoms with Crippen LogP contribution in [0.3, 0.4) is 0 Å². The molecule has 1 aromatic carbocycles. The Hall–Kier alpha value is -0.900. The summed E-state index contributed by atoms with van der Waals surface area (Å²) in [6.45, 7) is 5.17. The molecule has 1 saturated heterocycles. The molecule has 1 unspecified atom stereocenters. The molecule has 1 aliphatic rings. The molecule has 0 bridgehead atoms. The number of hydrogen-bond acceptors (Lipinski definition) is 3. The van der Waals surface area contributed by atoms with E-state index in [0.29, 0.717) is 13.2 Å². The molecule has 0 aliphatic carbocycles. The van der Waals surface area contributed by atoms with Gasteiger partial charge >= 0.3 is 0 Å². The van der Waals surface area contributed by atoms with E-state index >= 15 is 0 Å². The van der Waals surface area contributed by atoms with Gasteiger partial charge < -0.3 is 15.2 Å². The third-order valence-corrected chi connectivity index (χ3v) is 2.82. The Labute approximate surface area is 96.5 Å². The van der Waals surface area contributed by atoms with Crippen LogP contribution >= 0.6 is 0 Å². The molecular formula is C13H19NO2. The summed E-state index contributed by atoms with van der Waals surface area (Å²) in [4.78, 5) is 0. The fourth-order valence-corrected chi connectivity index (χ4v) is 2.07. The minimum Gasteiger partial charge on any atom is -0.347 e. The van der Waals surface area contributed by atoms with E-state index in [9.17, 15) is 0 Å². The highest BCUT2D eigenvalue weighted by Gasteiger charge is 2.34. The molecule has 0 radical (unpaired) electrons. The number of nitrogens with two attached hydrogens (primary N) is 1. The van der Waals surface area contributed by atoms with Crippen molar-refractivity contribution in [2.75, 3.05) is 13.2 Å². The van der Waals surface area contributed by atoms with Crippen molar-refractivity contribution in [1.82, 2.24) is 0 Å². The standard InChI is InChI=1S/C13H19NO2/c1-13(2)15-9-12(16-13)11-6-4-3-5-10(11)7-8-14/h3-6,12H,7-9,14H2,1-2H3. The van der Waals surface area contributed by atoms with Crippen molar-refractivity contribution in [1.29, 1.82) is 0 Å². The van der Waals surface area contributed by atoms with Crippen LogP contribution in [0.2, 0.25) is 0 Å². The summed E-state index contributed by atoms with van der Waals surface area (Å²) >= 11 is 0. The molecule has 88 valence electrons. The van der Waals surface area contributed by atoms with Crippen LogP contribution in [0, 0.1) is 0 Å². The van der Waals surface area contributed by atoms with Gasteiger partial charge in [0.2, 0.25) is 0 Å². The van der Waals surface area contributed by atoms with E-state index in [0.717, 1.165) is 6.42 Å². The van der Waals surface area contributed by atoms with E-state index in [1.807, 2.05) is 26.0 Å². The lowest BCUT2D eigenvalue weighted by molar-refractivity contribution is -0.139. The first kappa shape index (κ1) is 11.6. The minimum atomic E-state index is -0.472. The largest absolute Gasteiger partial charge is 0.347 e. The first-order chi connectivity index (χ1) is 7.62. The molecule has 0 aromatic heterocycles. The van der Waals surface area contributed by atoms with Gasteiger partial charge in [-0.3, -0.25) is 0 Å². The maximum absolute atomic E-state index is 5.86. The van der Waals surface area contributed by atoms with Crippen LogP contribution in [0.25, 0.3) is 0 Å². The Morgan fingerprint density at radius 3 is 2.75 bits per heavy atom. The van der Waals surface area contributed by atoms with Crippen LogP contribution < -0.4 is 5.73 Å². The molecule has 16 heavy (non-hydrogen) atoms. The molecule has 3 nitrogen and oxygen atoms in total. The second-order valence-electron chi connectivity index (χ2n) is 4.55. The van der Waals surface area contributed by atoms with Gasteiger partial charge in [0.25, 0.3) is 0 Å². The van der Waals surface area contributed by atoms with Crippen LogP contribution in [0.15, 0.2) is 24.3 Å². The van der Waals surface area contributed by atoms with Gasteiger partial charge in [0.15, 0.2) is 5.79 Å². The fraction of sp³-hybridized carbons (Fsp3) is 0.538. The molecule has 0 saturated carbocycles. The van der Waals surface area contributed by atoms with Crippen molar-refractivity contribution >= 4 is 0 Å². The smallest absolute Gasteiger partial charge is 0.163 e. The predicted octanol–water partition coefficient (Wildman–Crippen LogP) is 2.01. The van der Waals surface area contributed by atoms with Crippen molar-refractivity contribution in [3.8, 4) is 0 Å². The number of ether oxygens (including phenoxy) is 2. The van der Waals surface area contributed by atoms with Gasteiger partial charge in [-0.05, 0) is 37.9 Å². The topological polar surface area (TPSA) is 44.5 Å². The van der Waals surface area contributed by atoms with E-state index in [4.69, 9.17) is 15.2 Å². The van der Waals surface area contributed by atoms with Gasteiger partial charge in [-0.1, -0.05) is 24.3 Å². The predicted molar refractivity (Wildman–Crippen MR) is 63.1 cm³/mol. The molecule has 3 heteroatoms. The third kappa shape index (κ3) is 2.43. The summed E-state index contributed by atoms with van der Waals surface area (Å²) in [6.07, 6.45) is 0.925. The molecule has 1 fully saturated rings. The summed E-state index contributed by atoms with van der Waals surface area (Å²) in [6, 6.07) is 8.27. The van der Waals surface area contributed by atoms with E-state index < -0.39 is 5.79 Å². The average molecular weight is 221 g/mol. The van der Waals surface area contributed by atoms with Crippen molar-refractivity contribution in [3.63, 3.8) is 0 Å². The molecular weight excluding hydrogens is 202 g/mol. The second kappa shape index (κ2) is 4.53. The lowest BCUT2D eigenvalue weighted by Gasteiger charge is -2.18. The van der Waals surface area contributed by atoms with Crippen LogP contribution in [0.1, 0.15) is 31.1 Å². The Morgan fingerprint density at radius 1 is 1.38 bits per heavy atom. The quantitative estimate of drug-likeness (QED) is 0.849. The Balaban J connectivity index is 2.20. The van der Waals surface area contributed by atoms with Crippen LogP contribution in [-0.2, 0) is 15.9 Å². The van der Waals surface area contributed by atoms with E-state index in [2.05, 4.69) is 12.1 Å². The Kier molecular flexibility index (Phi) is 3.28. The molecule has 1 aliphatic heterocycles. The van der Waals surface area contributed by atoms with Gasteiger partial charge in [-0.15, -0.1) is 0 Å². The molecule has 1 heterocycles. The van der Waals surface area contributed by atoms with Crippen molar-refractivity contribution in [2.45, 2.75) is 32.2 Å². The van der Waals surface area contributed by atoms with Crippen LogP contribution in [0.5, 0.6) is 0 Å². The fourth-order valence-electron chi connectivity index (χ4n) is 2.07. The molecule has 2 N–H and O–H groups in total. The number of rotatable bonds is 3. The molecule has 2 rings (SSSR count). The van der Waals surface area contributed by atoms with Crippen LogP contribution in [0.4, 0.5) is 0 Å². The van der Waals surface area contributed by atoms with Crippen molar-refractivity contribution in [2.24, 2.45) is 5.73 Å². The normalized spacial score (nSPS) is 23.6. The first-order valence-electron chi connectivity index (χ1n) is 5.72. The van der Waals surface area contributed by atoms with E-state index in [1.165, 1.54) is 11.1 Å². The lowest BCUT2D eigenvalue weighted by Crippen LogP contribution is -2.20. The highest BCUT2D eigenvalue weighted by atomic mass is 16.7. The maximum atomic E-state index is 5.86. The maximum Gasteiger partial charge on any atom is 0.163 e. The van der Waals surface area contributed by atoms with Gasteiger partial charge in [-0.25, -0.2) is 0 Å². The SMILES string of the molecule is CC1(C)OCC(c2ccccc2CCN)O1. The Bertz CT molecular complexity index is 363. The summed E-state index contributed by atoms with van der Waals surface area (Å²) in [7, 11) is 0. The van der Waals surface area contributed by atoms with Gasteiger partial charge in [0.05, 0.1) is 6.61 Å². The minimum absolute atomic E-state index is 0.0396. The average Bonchev–Trinajstić information content (AvgIpc) is 2.60. The first-order valence-corrected chi connectivity index (χ1v) is 5.72. The lowest BCUT2D eigenvalue weighted by atomic mass is 10.0. The number of hydrogen-bond donors (Lipinski definition) is 1. The monoisotopic (exact) mass is 221 g/mol. The zero-order valence-electron chi connectivity index (χ0n) is 9.90. The molecule has 1 atom stereocenters.